The van der Waals surface area contributed by atoms with Crippen LogP contribution in [0, 0.1) is 0 Å². The van der Waals surface area contributed by atoms with E-state index in [0.717, 1.165) is 19.6 Å². The Labute approximate surface area is 112 Å². The van der Waals surface area contributed by atoms with Gasteiger partial charge in [-0.25, -0.2) is 0 Å². The zero-order valence-corrected chi connectivity index (χ0v) is 11.6. The van der Waals surface area contributed by atoms with Crippen molar-refractivity contribution in [3.8, 4) is 0 Å². The Morgan fingerprint density at radius 2 is 1.72 bits per heavy atom. The maximum atomic E-state index is 5.61. The highest BCUT2D eigenvalue weighted by Crippen LogP contribution is 2.04. The molecule has 0 spiro atoms. The van der Waals surface area contributed by atoms with E-state index in [1.54, 1.807) is 0 Å². The smallest absolute Gasteiger partial charge is 0.0717 e. The molecule has 0 unspecified atom stereocenters. The summed E-state index contributed by atoms with van der Waals surface area (Å²) in [7, 11) is 0. The third kappa shape index (κ3) is 8.08. The van der Waals surface area contributed by atoms with Gasteiger partial charge in [-0.3, -0.25) is 0 Å². The Morgan fingerprint density at radius 3 is 2.50 bits per heavy atom. The van der Waals surface area contributed by atoms with Gasteiger partial charge in [-0.2, -0.15) is 0 Å². The van der Waals surface area contributed by atoms with Crippen LogP contribution in [-0.2, 0) is 11.3 Å². The molecule has 0 saturated heterocycles. The topological polar surface area (TPSA) is 9.23 Å². The molecule has 0 bridgehead atoms. The average molecular weight is 246 g/mol. The normalized spacial score (nSPS) is 11.2. The zero-order chi connectivity index (χ0) is 12.9. The van der Waals surface area contributed by atoms with E-state index < -0.39 is 0 Å². The molecule has 0 aromatic heterocycles. The SMILES string of the molecule is CCCCCCC=CCCOCc1ccccc1. The van der Waals surface area contributed by atoms with Crippen molar-refractivity contribution < 1.29 is 4.74 Å². The van der Waals surface area contributed by atoms with Crippen LogP contribution in [0.15, 0.2) is 42.5 Å². The van der Waals surface area contributed by atoms with Gasteiger partial charge in [0.2, 0.25) is 0 Å². The van der Waals surface area contributed by atoms with Gasteiger partial charge >= 0.3 is 0 Å². The molecule has 100 valence electrons. The Kier molecular flexibility index (Phi) is 9.18. The van der Waals surface area contributed by atoms with Crippen LogP contribution in [0.4, 0.5) is 0 Å². The second-order valence-electron chi connectivity index (χ2n) is 4.65. The molecule has 1 rings (SSSR count). The molecule has 0 atom stereocenters. The molecule has 0 aliphatic heterocycles. The fourth-order valence-electron chi connectivity index (χ4n) is 1.84. The van der Waals surface area contributed by atoms with Crippen LogP contribution < -0.4 is 0 Å². The number of hydrogen-bond donors (Lipinski definition) is 0. The number of hydrogen-bond acceptors (Lipinski definition) is 1. The van der Waals surface area contributed by atoms with Gasteiger partial charge in [0, 0.05) is 0 Å². The number of rotatable bonds is 10. The molecule has 18 heavy (non-hydrogen) atoms. The quantitative estimate of drug-likeness (QED) is 0.411. The summed E-state index contributed by atoms with van der Waals surface area (Å²) in [5.41, 5.74) is 1.25. The maximum absolute atomic E-state index is 5.61. The van der Waals surface area contributed by atoms with Gasteiger partial charge in [-0.1, -0.05) is 68.7 Å². The fourth-order valence-corrected chi connectivity index (χ4v) is 1.84. The van der Waals surface area contributed by atoms with Crippen LogP contribution in [0.2, 0.25) is 0 Å². The van der Waals surface area contributed by atoms with Gasteiger partial charge < -0.3 is 4.74 Å². The van der Waals surface area contributed by atoms with Gasteiger partial charge in [0.1, 0.15) is 0 Å². The molecule has 0 amide bonds. The molecule has 0 aliphatic carbocycles. The summed E-state index contributed by atoms with van der Waals surface area (Å²) in [5, 5.41) is 0. The first-order valence-corrected chi connectivity index (χ1v) is 7.20. The monoisotopic (exact) mass is 246 g/mol. The van der Waals surface area contributed by atoms with Crippen molar-refractivity contribution in [1.82, 2.24) is 0 Å². The lowest BCUT2D eigenvalue weighted by Crippen LogP contribution is -1.93. The zero-order valence-electron chi connectivity index (χ0n) is 11.6. The van der Waals surface area contributed by atoms with E-state index in [2.05, 4.69) is 43.3 Å². The van der Waals surface area contributed by atoms with E-state index in [9.17, 15) is 0 Å². The van der Waals surface area contributed by atoms with E-state index in [0.29, 0.717) is 0 Å². The molecular weight excluding hydrogens is 220 g/mol. The Morgan fingerprint density at radius 1 is 0.944 bits per heavy atom. The van der Waals surface area contributed by atoms with Crippen molar-refractivity contribution in [2.75, 3.05) is 6.61 Å². The Balaban J connectivity index is 1.91. The predicted molar refractivity (Wildman–Crippen MR) is 78.6 cm³/mol. The third-order valence-corrected chi connectivity index (χ3v) is 2.93. The van der Waals surface area contributed by atoms with Crippen LogP contribution in [0.5, 0.6) is 0 Å². The summed E-state index contributed by atoms with van der Waals surface area (Å²) in [6, 6.07) is 10.3. The first kappa shape index (κ1) is 15.0. The van der Waals surface area contributed by atoms with Gasteiger partial charge in [-0.05, 0) is 24.8 Å². The van der Waals surface area contributed by atoms with Crippen LogP contribution in [0.1, 0.15) is 51.0 Å². The molecule has 0 fully saturated rings. The lowest BCUT2D eigenvalue weighted by atomic mass is 10.1. The molecule has 0 radical (unpaired) electrons. The lowest BCUT2D eigenvalue weighted by Gasteiger charge is -2.01. The Bertz CT molecular complexity index is 303. The first-order valence-electron chi connectivity index (χ1n) is 7.20. The van der Waals surface area contributed by atoms with Crippen molar-refractivity contribution in [2.45, 2.75) is 52.1 Å². The van der Waals surface area contributed by atoms with Gasteiger partial charge in [0.15, 0.2) is 0 Å². The highest BCUT2D eigenvalue weighted by Gasteiger charge is 1.90. The highest BCUT2D eigenvalue weighted by molar-refractivity contribution is 5.13. The molecule has 0 heterocycles. The van der Waals surface area contributed by atoms with Crippen LogP contribution in [-0.4, -0.2) is 6.61 Å². The molecular formula is C17H26O. The minimum atomic E-state index is 0.727. The molecule has 0 N–H and O–H groups in total. The number of unbranched alkanes of at least 4 members (excludes halogenated alkanes) is 4. The number of ether oxygens (including phenoxy) is 1. The predicted octanol–water partition coefficient (Wildman–Crippen LogP) is 5.12. The van der Waals surface area contributed by atoms with Crippen LogP contribution in [0.3, 0.4) is 0 Å². The summed E-state index contributed by atoms with van der Waals surface area (Å²) >= 11 is 0. The maximum Gasteiger partial charge on any atom is 0.0717 e. The van der Waals surface area contributed by atoms with Crippen molar-refractivity contribution in [2.24, 2.45) is 0 Å². The summed E-state index contributed by atoms with van der Waals surface area (Å²) < 4.78 is 5.61. The molecule has 0 saturated carbocycles. The fraction of sp³-hybridized carbons (Fsp3) is 0.529. The number of allylic oxidation sites excluding steroid dienone is 1. The second kappa shape index (κ2) is 11.0. The minimum absolute atomic E-state index is 0.727. The summed E-state index contributed by atoms with van der Waals surface area (Å²) in [4.78, 5) is 0. The highest BCUT2D eigenvalue weighted by atomic mass is 16.5. The van der Waals surface area contributed by atoms with E-state index in [-0.39, 0.29) is 0 Å². The van der Waals surface area contributed by atoms with Gasteiger partial charge in [0.05, 0.1) is 13.2 Å². The molecule has 1 aromatic carbocycles. The summed E-state index contributed by atoms with van der Waals surface area (Å²) in [6.07, 6.45) is 12.2. The van der Waals surface area contributed by atoms with Crippen LogP contribution in [0.25, 0.3) is 0 Å². The van der Waals surface area contributed by atoms with Crippen molar-refractivity contribution in [3.05, 3.63) is 48.0 Å². The minimum Gasteiger partial charge on any atom is -0.376 e. The van der Waals surface area contributed by atoms with Crippen molar-refractivity contribution >= 4 is 0 Å². The van der Waals surface area contributed by atoms with Gasteiger partial charge in [-0.15, -0.1) is 0 Å². The molecule has 0 aliphatic rings. The largest absolute Gasteiger partial charge is 0.376 e. The standard InChI is InChI=1S/C17H26O/c1-2-3-4-5-6-7-8-12-15-18-16-17-13-10-9-11-14-17/h7-11,13-14H,2-6,12,15-16H2,1H3. The molecule has 1 nitrogen and oxygen atoms in total. The van der Waals surface area contributed by atoms with Crippen molar-refractivity contribution in [1.29, 1.82) is 0 Å². The lowest BCUT2D eigenvalue weighted by molar-refractivity contribution is 0.125. The van der Waals surface area contributed by atoms with Crippen LogP contribution >= 0.6 is 0 Å². The van der Waals surface area contributed by atoms with E-state index >= 15 is 0 Å². The third-order valence-electron chi connectivity index (χ3n) is 2.93. The molecule has 1 heteroatoms. The second-order valence-corrected chi connectivity index (χ2v) is 4.65. The van der Waals surface area contributed by atoms with E-state index in [4.69, 9.17) is 4.74 Å². The molecule has 1 aromatic rings. The first-order chi connectivity index (χ1) is 8.93. The summed E-state index contributed by atoms with van der Waals surface area (Å²) in [5.74, 6) is 0. The summed E-state index contributed by atoms with van der Waals surface area (Å²) in [6.45, 7) is 3.80. The van der Waals surface area contributed by atoms with E-state index in [1.165, 1.54) is 37.7 Å². The van der Waals surface area contributed by atoms with Crippen molar-refractivity contribution in [3.63, 3.8) is 0 Å². The van der Waals surface area contributed by atoms with Gasteiger partial charge in [0.25, 0.3) is 0 Å². The van der Waals surface area contributed by atoms with E-state index in [1.807, 2.05) is 6.07 Å². The average Bonchev–Trinajstić information content (AvgIpc) is 2.42. The Hall–Kier alpha value is -1.08. The number of benzene rings is 1.